The number of carboxylic acid groups (broad SMARTS) is 1. The van der Waals surface area contributed by atoms with Crippen molar-refractivity contribution < 1.29 is 56.1 Å². The smallest absolute Gasteiger partial charge is 0.313 e. The lowest BCUT2D eigenvalue weighted by Gasteiger charge is -2.24. The molecule has 216 valence electrons. The van der Waals surface area contributed by atoms with Crippen LogP contribution in [0.4, 0.5) is 23.2 Å². The molecule has 0 aliphatic heterocycles. The number of ether oxygens (including phenoxy) is 2. The second-order valence-corrected chi connectivity index (χ2v) is 8.59. The monoisotopic (exact) mass is 571 g/mol. The fraction of sp³-hybridized carbons (Fsp3) is 0.320. The van der Waals surface area contributed by atoms with Gasteiger partial charge in [-0.2, -0.15) is 8.78 Å². The molecule has 3 amide bonds. The second kappa shape index (κ2) is 13.9. The Morgan fingerprint density at radius 3 is 1.98 bits per heavy atom. The maximum absolute atomic E-state index is 13.8. The number of carbonyl (C=O) groups is 5. The summed E-state index contributed by atoms with van der Waals surface area (Å²) >= 11 is 0. The van der Waals surface area contributed by atoms with E-state index in [0.717, 1.165) is 0 Å². The van der Waals surface area contributed by atoms with Crippen molar-refractivity contribution in [2.24, 2.45) is 5.92 Å². The molecule has 0 heterocycles. The Hall–Kier alpha value is -4.69. The fourth-order valence-electron chi connectivity index (χ4n) is 3.21. The average molecular weight is 571 g/mol. The number of hydrogen-bond donors (Lipinski definition) is 4. The third kappa shape index (κ3) is 8.41. The summed E-state index contributed by atoms with van der Waals surface area (Å²) < 4.78 is 63.9. The van der Waals surface area contributed by atoms with Gasteiger partial charge in [0.05, 0.1) is 13.5 Å². The van der Waals surface area contributed by atoms with Crippen LogP contribution in [0, 0.1) is 29.2 Å². The van der Waals surface area contributed by atoms with E-state index in [1.54, 1.807) is 0 Å². The topological polar surface area (TPSA) is 160 Å². The number of carbonyl (C=O) groups excluding carboxylic acids is 4. The molecular formula is C25H25F4N3O8. The molecule has 0 bridgehead atoms. The summed E-state index contributed by atoms with van der Waals surface area (Å²) in [4.78, 5) is 61.4. The molecular weight excluding hydrogens is 546 g/mol. The first kappa shape index (κ1) is 31.5. The number of methoxy groups -OCH3 is 1. The maximum atomic E-state index is 13.8. The predicted molar refractivity (Wildman–Crippen MR) is 129 cm³/mol. The Balaban J connectivity index is 2.11. The first-order chi connectivity index (χ1) is 18.7. The minimum Gasteiger partial charge on any atom is -0.497 e. The van der Waals surface area contributed by atoms with Gasteiger partial charge in [0.2, 0.25) is 17.5 Å². The Kier molecular flexibility index (Phi) is 11.0. The summed E-state index contributed by atoms with van der Waals surface area (Å²) in [6.45, 7) is 1.68. The molecule has 0 fully saturated rings. The molecule has 4 N–H and O–H groups in total. The number of rotatable bonds is 12. The van der Waals surface area contributed by atoms with Crippen LogP contribution in [0.1, 0.15) is 20.3 Å². The zero-order chi connectivity index (χ0) is 30.1. The Morgan fingerprint density at radius 1 is 0.900 bits per heavy atom. The quantitative estimate of drug-likeness (QED) is 0.171. The number of ketones is 1. The summed E-state index contributed by atoms with van der Waals surface area (Å²) in [6, 6.07) is 2.59. The molecule has 0 saturated heterocycles. The minimum absolute atomic E-state index is 0.0790. The van der Waals surface area contributed by atoms with E-state index in [4.69, 9.17) is 9.84 Å². The average Bonchev–Trinajstić information content (AvgIpc) is 2.89. The van der Waals surface area contributed by atoms with Gasteiger partial charge in [0.1, 0.15) is 24.4 Å². The van der Waals surface area contributed by atoms with Crippen LogP contribution in [0.15, 0.2) is 30.3 Å². The first-order valence-electron chi connectivity index (χ1n) is 11.5. The summed E-state index contributed by atoms with van der Waals surface area (Å²) in [6.07, 6.45) is -1.02. The molecule has 0 saturated carbocycles. The van der Waals surface area contributed by atoms with Gasteiger partial charge in [-0.15, -0.1) is 0 Å². The van der Waals surface area contributed by atoms with Gasteiger partial charge < -0.3 is 30.5 Å². The summed E-state index contributed by atoms with van der Waals surface area (Å²) in [5.41, 5.74) is 0.240. The highest BCUT2D eigenvalue weighted by Crippen LogP contribution is 2.26. The Morgan fingerprint density at radius 2 is 1.48 bits per heavy atom. The molecule has 40 heavy (non-hydrogen) atoms. The van der Waals surface area contributed by atoms with Gasteiger partial charge in [0, 0.05) is 11.8 Å². The lowest BCUT2D eigenvalue weighted by atomic mass is 10.0. The maximum Gasteiger partial charge on any atom is 0.313 e. The fourth-order valence-corrected chi connectivity index (χ4v) is 3.21. The minimum atomic E-state index is -1.93. The van der Waals surface area contributed by atoms with Gasteiger partial charge in [0.15, 0.2) is 23.2 Å². The van der Waals surface area contributed by atoms with Crippen LogP contribution in [0.25, 0.3) is 0 Å². The van der Waals surface area contributed by atoms with Crippen LogP contribution >= 0.6 is 0 Å². The van der Waals surface area contributed by atoms with Gasteiger partial charge in [-0.25, -0.2) is 8.78 Å². The predicted octanol–water partition coefficient (Wildman–Crippen LogP) is 1.94. The molecule has 0 unspecified atom stereocenters. The third-order valence-electron chi connectivity index (χ3n) is 5.30. The molecule has 0 radical (unpaired) electrons. The number of halogens is 4. The molecule has 11 nitrogen and oxygen atoms in total. The van der Waals surface area contributed by atoms with E-state index in [9.17, 15) is 41.5 Å². The van der Waals surface area contributed by atoms with Gasteiger partial charge in [-0.3, -0.25) is 24.0 Å². The summed E-state index contributed by atoms with van der Waals surface area (Å²) in [7, 11) is 1.44. The normalized spacial score (nSPS) is 12.2. The van der Waals surface area contributed by atoms with Crippen LogP contribution in [-0.2, 0) is 24.0 Å². The molecule has 0 aliphatic carbocycles. The molecule has 2 aromatic carbocycles. The Bertz CT molecular complexity index is 1260. The van der Waals surface area contributed by atoms with Crippen molar-refractivity contribution in [3.8, 4) is 11.5 Å². The highest BCUT2D eigenvalue weighted by molar-refractivity contribution is 6.40. The lowest BCUT2D eigenvalue weighted by Crippen LogP contribution is -2.56. The number of Topliss-reactive ketones (excluding diaryl/α,β-unsaturated/α-hetero) is 1. The van der Waals surface area contributed by atoms with E-state index in [2.05, 4.69) is 20.7 Å². The molecule has 0 spiro atoms. The zero-order valence-electron chi connectivity index (χ0n) is 21.3. The van der Waals surface area contributed by atoms with E-state index in [-0.39, 0.29) is 11.8 Å². The van der Waals surface area contributed by atoms with Crippen LogP contribution in [0.3, 0.4) is 0 Å². The van der Waals surface area contributed by atoms with Gasteiger partial charge >= 0.3 is 17.8 Å². The molecule has 0 aromatic heterocycles. The van der Waals surface area contributed by atoms with Gasteiger partial charge in [-0.1, -0.05) is 13.8 Å². The van der Waals surface area contributed by atoms with Crippen LogP contribution in [-0.4, -0.2) is 60.4 Å². The molecule has 2 aromatic rings. The number of aliphatic carboxylic acids is 1. The Labute approximate surface area is 224 Å². The van der Waals surface area contributed by atoms with Crippen molar-refractivity contribution >= 4 is 35.2 Å². The van der Waals surface area contributed by atoms with Crippen molar-refractivity contribution in [1.29, 1.82) is 0 Å². The molecule has 2 atom stereocenters. The zero-order valence-corrected chi connectivity index (χ0v) is 21.3. The van der Waals surface area contributed by atoms with Crippen molar-refractivity contribution in [2.45, 2.75) is 32.4 Å². The van der Waals surface area contributed by atoms with E-state index < -0.39 is 89.5 Å². The van der Waals surface area contributed by atoms with E-state index in [1.807, 2.05) is 0 Å². The summed E-state index contributed by atoms with van der Waals surface area (Å²) in [5.74, 6) is -15.4. The number of nitrogens with one attached hydrogen (secondary N) is 3. The standard InChI is InChI=1S/C25H25F4N3O8/c1-11(2)21(32-25(38)24(37)30-12-4-6-13(39-3)7-5-12)23(36)31-16(9-18(34)35)17(33)10-40-22-19(28)14(26)8-15(27)20(22)29/h4-8,11,16,21H,9-10H2,1-3H3,(H,30,37)(H,31,36)(H,32,38)(H,34,35)/t16-,21-/m0/s1. The molecule has 0 aliphatic rings. The lowest BCUT2D eigenvalue weighted by molar-refractivity contribution is -0.141. The van der Waals surface area contributed by atoms with Crippen LogP contribution in [0.5, 0.6) is 11.5 Å². The van der Waals surface area contributed by atoms with Crippen molar-refractivity contribution in [3.05, 3.63) is 53.6 Å². The van der Waals surface area contributed by atoms with Crippen molar-refractivity contribution in [3.63, 3.8) is 0 Å². The number of amides is 3. The SMILES string of the molecule is COc1ccc(NC(=O)C(=O)N[C@H](C(=O)N[C@@H](CC(=O)O)C(=O)COc2c(F)c(F)cc(F)c2F)C(C)C)cc1. The van der Waals surface area contributed by atoms with Gasteiger partial charge in [-0.05, 0) is 30.2 Å². The van der Waals surface area contributed by atoms with Crippen molar-refractivity contribution in [1.82, 2.24) is 10.6 Å². The number of hydrogen-bond acceptors (Lipinski definition) is 7. The summed E-state index contributed by atoms with van der Waals surface area (Å²) in [5, 5.41) is 15.7. The number of anilines is 1. The van der Waals surface area contributed by atoms with Crippen LogP contribution in [0.2, 0.25) is 0 Å². The first-order valence-corrected chi connectivity index (χ1v) is 11.5. The third-order valence-corrected chi connectivity index (χ3v) is 5.30. The second-order valence-electron chi connectivity index (χ2n) is 8.59. The number of carboxylic acids is 1. The van der Waals surface area contributed by atoms with E-state index in [0.29, 0.717) is 5.75 Å². The largest absolute Gasteiger partial charge is 0.497 e. The highest BCUT2D eigenvalue weighted by Gasteiger charge is 2.32. The van der Waals surface area contributed by atoms with E-state index in [1.165, 1.54) is 45.2 Å². The van der Waals surface area contributed by atoms with Crippen molar-refractivity contribution in [2.75, 3.05) is 19.0 Å². The van der Waals surface area contributed by atoms with Crippen LogP contribution < -0.4 is 25.4 Å². The molecule has 15 heteroatoms. The molecule has 2 rings (SSSR count). The highest BCUT2D eigenvalue weighted by atomic mass is 19.2. The van der Waals surface area contributed by atoms with Gasteiger partial charge in [0.25, 0.3) is 0 Å². The van der Waals surface area contributed by atoms with E-state index >= 15 is 0 Å². The number of benzene rings is 2.